The van der Waals surface area contributed by atoms with Gasteiger partial charge in [-0.2, -0.15) is 5.26 Å². The van der Waals surface area contributed by atoms with Gasteiger partial charge in [-0.25, -0.2) is 9.97 Å². The monoisotopic (exact) mass is 304 g/mol. The summed E-state index contributed by atoms with van der Waals surface area (Å²) in [5, 5.41) is 10.1. The summed E-state index contributed by atoms with van der Waals surface area (Å²) in [6.07, 6.45) is 3.44. The zero-order chi connectivity index (χ0) is 9.42. The van der Waals surface area contributed by atoms with E-state index in [2.05, 4.69) is 32.6 Å². The van der Waals surface area contributed by atoms with Gasteiger partial charge in [-0.3, -0.25) is 0 Å². The number of hydrogen-bond donors (Lipinski definition) is 1. The number of aromatic amines is 2. The molecule has 0 amide bonds. The molecule has 0 fully saturated rings. The number of aromatic nitrogens is 2. The first-order valence-corrected chi connectivity index (χ1v) is 4.96. The van der Waals surface area contributed by atoms with E-state index in [1.54, 1.807) is 6.20 Å². The molecule has 5 heteroatoms. The quantitative estimate of drug-likeness (QED) is 0.745. The van der Waals surface area contributed by atoms with E-state index >= 15 is 0 Å². The standard InChI is InChI=1S/C8H3ClIN3/c9-7-4(1-11)2-12-8-6(7)5(10)3-13-8/h2-3H,(H,12,13)/p+1. The molecule has 2 aromatic rings. The molecular formula is C8H4ClIN3+. The van der Waals surface area contributed by atoms with Gasteiger partial charge >= 0.3 is 0 Å². The molecule has 0 bridgehead atoms. The highest BCUT2D eigenvalue weighted by atomic mass is 127. The van der Waals surface area contributed by atoms with Crippen molar-refractivity contribution in [1.82, 2.24) is 4.98 Å². The molecule has 0 saturated heterocycles. The van der Waals surface area contributed by atoms with E-state index in [1.165, 1.54) is 0 Å². The number of halogens is 2. The van der Waals surface area contributed by atoms with E-state index in [1.807, 2.05) is 12.3 Å². The van der Waals surface area contributed by atoms with Crippen molar-refractivity contribution in [3.8, 4) is 6.07 Å². The molecule has 2 aromatic heterocycles. The van der Waals surface area contributed by atoms with E-state index in [4.69, 9.17) is 16.9 Å². The Morgan fingerprint density at radius 2 is 2.38 bits per heavy atom. The van der Waals surface area contributed by atoms with Crippen LogP contribution in [0.4, 0.5) is 0 Å². The third-order valence-electron chi connectivity index (χ3n) is 1.77. The van der Waals surface area contributed by atoms with Crippen LogP contribution in [0.1, 0.15) is 5.56 Å². The number of H-pyrrole nitrogens is 2. The first-order chi connectivity index (χ1) is 6.24. The second-order valence-corrected chi connectivity index (χ2v) is 4.05. The second-order valence-electron chi connectivity index (χ2n) is 2.51. The number of fused-ring (bicyclic) bond motifs is 1. The van der Waals surface area contributed by atoms with Crippen molar-refractivity contribution < 1.29 is 4.98 Å². The third-order valence-corrected chi connectivity index (χ3v) is 3.01. The van der Waals surface area contributed by atoms with E-state index in [-0.39, 0.29) is 0 Å². The van der Waals surface area contributed by atoms with Crippen molar-refractivity contribution in [1.29, 1.82) is 5.26 Å². The Labute approximate surface area is 92.9 Å². The second kappa shape index (κ2) is 3.16. The molecular weight excluding hydrogens is 300 g/mol. The highest BCUT2D eigenvalue weighted by molar-refractivity contribution is 14.1. The van der Waals surface area contributed by atoms with Gasteiger partial charge < -0.3 is 0 Å². The van der Waals surface area contributed by atoms with Crippen LogP contribution in [-0.2, 0) is 0 Å². The number of nitriles is 1. The van der Waals surface area contributed by atoms with Crippen LogP contribution in [-0.4, -0.2) is 4.98 Å². The molecule has 2 N–H and O–H groups in total. The zero-order valence-electron chi connectivity index (χ0n) is 6.36. The molecule has 0 radical (unpaired) electrons. The van der Waals surface area contributed by atoms with Crippen LogP contribution in [0.2, 0.25) is 5.02 Å². The van der Waals surface area contributed by atoms with Crippen LogP contribution in [0.3, 0.4) is 0 Å². The third kappa shape index (κ3) is 1.28. The predicted molar refractivity (Wildman–Crippen MR) is 57.3 cm³/mol. The summed E-state index contributed by atoms with van der Waals surface area (Å²) in [7, 11) is 0. The van der Waals surface area contributed by atoms with Gasteiger partial charge in [-0.05, 0) is 22.6 Å². The van der Waals surface area contributed by atoms with Gasteiger partial charge in [0.05, 0.1) is 8.59 Å². The average molecular weight is 304 g/mol. The van der Waals surface area contributed by atoms with Crippen LogP contribution in [0.5, 0.6) is 0 Å². The van der Waals surface area contributed by atoms with E-state index < -0.39 is 0 Å². The first-order valence-electron chi connectivity index (χ1n) is 3.51. The summed E-state index contributed by atoms with van der Waals surface area (Å²) in [5.74, 6) is 0. The Morgan fingerprint density at radius 1 is 1.62 bits per heavy atom. The largest absolute Gasteiger partial charge is 0.287 e. The van der Waals surface area contributed by atoms with Gasteiger partial charge in [-0.15, -0.1) is 0 Å². The van der Waals surface area contributed by atoms with Crippen LogP contribution in [0.25, 0.3) is 11.0 Å². The van der Waals surface area contributed by atoms with Gasteiger partial charge in [-0.1, -0.05) is 11.6 Å². The average Bonchev–Trinajstić information content (AvgIpc) is 2.49. The summed E-state index contributed by atoms with van der Waals surface area (Å²) >= 11 is 8.19. The van der Waals surface area contributed by atoms with Gasteiger partial charge in [0.1, 0.15) is 29.4 Å². The van der Waals surface area contributed by atoms with Gasteiger partial charge in [0.25, 0.3) is 5.65 Å². The molecule has 0 atom stereocenters. The highest BCUT2D eigenvalue weighted by Gasteiger charge is 2.14. The Bertz CT molecular complexity index is 512. The Kier molecular flexibility index (Phi) is 2.14. The summed E-state index contributed by atoms with van der Waals surface area (Å²) in [4.78, 5) is 5.99. The molecule has 0 saturated carbocycles. The normalized spacial score (nSPS) is 10.2. The highest BCUT2D eigenvalue weighted by Crippen LogP contribution is 2.27. The minimum atomic E-state index is 0.465. The van der Waals surface area contributed by atoms with Crippen molar-refractivity contribution >= 4 is 45.2 Å². The van der Waals surface area contributed by atoms with Crippen molar-refractivity contribution in [2.45, 2.75) is 0 Å². The lowest BCUT2D eigenvalue weighted by Crippen LogP contribution is -2.04. The zero-order valence-corrected chi connectivity index (χ0v) is 9.27. The fourth-order valence-corrected chi connectivity index (χ4v) is 2.30. The maximum atomic E-state index is 8.74. The Hall–Kier alpha value is -0.800. The van der Waals surface area contributed by atoms with Crippen molar-refractivity contribution in [2.75, 3.05) is 0 Å². The molecule has 0 aliphatic heterocycles. The smallest absolute Gasteiger partial charge is 0.246 e. The number of rotatable bonds is 0. The molecule has 0 aromatic carbocycles. The first kappa shape index (κ1) is 8.78. The fraction of sp³-hybridized carbons (Fsp3) is 0. The molecule has 64 valence electrons. The van der Waals surface area contributed by atoms with E-state index in [9.17, 15) is 0 Å². The van der Waals surface area contributed by atoms with Gasteiger partial charge in [0.15, 0.2) is 0 Å². The molecule has 2 heterocycles. The summed E-state index contributed by atoms with van der Waals surface area (Å²) in [6, 6.07) is 2.02. The molecule has 13 heavy (non-hydrogen) atoms. The predicted octanol–water partition coefficient (Wildman–Crippen LogP) is 2.11. The maximum Gasteiger partial charge on any atom is 0.287 e. The van der Waals surface area contributed by atoms with Crippen molar-refractivity contribution in [2.24, 2.45) is 0 Å². The summed E-state index contributed by atoms with van der Waals surface area (Å²) in [5.41, 5.74) is 1.31. The molecule has 0 aliphatic carbocycles. The number of nitrogens with one attached hydrogen (secondary N) is 2. The molecule has 0 unspecified atom stereocenters. The van der Waals surface area contributed by atoms with Gasteiger partial charge in [0.2, 0.25) is 0 Å². The fourth-order valence-electron chi connectivity index (χ4n) is 1.15. The van der Waals surface area contributed by atoms with E-state index in [0.29, 0.717) is 10.6 Å². The molecule has 0 aliphatic rings. The SMILES string of the molecule is N#Cc1c[nH+]c2[nH]cc(I)c2c1Cl. The summed E-state index contributed by atoms with van der Waals surface area (Å²) in [6.45, 7) is 0. The van der Waals surface area contributed by atoms with Crippen molar-refractivity contribution in [3.63, 3.8) is 0 Å². The molecule has 2 rings (SSSR count). The maximum absolute atomic E-state index is 8.74. The lowest BCUT2D eigenvalue weighted by Gasteiger charge is -1.92. The molecule has 3 nitrogen and oxygen atoms in total. The van der Waals surface area contributed by atoms with Gasteiger partial charge in [0, 0.05) is 0 Å². The number of pyridine rings is 1. The van der Waals surface area contributed by atoms with Crippen LogP contribution in [0, 0.1) is 14.9 Å². The number of hydrogen-bond acceptors (Lipinski definition) is 1. The van der Waals surface area contributed by atoms with E-state index in [0.717, 1.165) is 14.6 Å². The minimum absolute atomic E-state index is 0.465. The van der Waals surface area contributed by atoms with Crippen LogP contribution in [0.15, 0.2) is 12.4 Å². The minimum Gasteiger partial charge on any atom is -0.246 e. The van der Waals surface area contributed by atoms with Crippen LogP contribution < -0.4 is 4.98 Å². The van der Waals surface area contributed by atoms with Crippen LogP contribution >= 0.6 is 34.2 Å². The summed E-state index contributed by atoms with van der Waals surface area (Å²) < 4.78 is 1.01. The lowest BCUT2D eigenvalue weighted by molar-refractivity contribution is -0.347. The number of nitrogens with zero attached hydrogens (tertiary/aromatic N) is 1. The Balaban J connectivity index is 2.93. The molecule has 0 spiro atoms. The Morgan fingerprint density at radius 3 is 3.08 bits per heavy atom. The topological polar surface area (TPSA) is 53.7 Å². The van der Waals surface area contributed by atoms with Crippen molar-refractivity contribution in [3.05, 3.63) is 26.5 Å². The lowest BCUT2D eigenvalue weighted by atomic mass is 10.2.